The van der Waals surface area contributed by atoms with Crippen LogP contribution in [0.15, 0.2) is 48.8 Å². The van der Waals surface area contributed by atoms with Crippen LogP contribution < -0.4 is 10.9 Å². The Hall–Kier alpha value is -3.58. The third-order valence-electron chi connectivity index (χ3n) is 11.7. The number of benzene rings is 2. The van der Waals surface area contributed by atoms with Crippen LogP contribution in [0.1, 0.15) is 95.0 Å². The molecule has 5 atom stereocenters. The van der Waals surface area contributed by atoms with E-state index in [1.165, 1.54) is 18.2 Å². The Labute approximate surface area is 382 Å². The molecule has 0 saturated carbocycles. The second kappa shape index (κ2) is 21.8. The van der Waals surface area contributed by atoms with Crippen molar-refractivity contribution in [3.8, 4) is 0 Å². The van der Waals surface area contributed by atoms with Crippen LogP contribution in [0.3, 0.4) is 0 Å². The summed E-state index contributed by atoms with van der Waals surface area (Å²) in [4.78, 5) is 70.0. The van der Waals surface area contributed by atoms with Gasteiger partial charge in [0.2, 0.25) is 11.8 Å². The molecule has 0 spiro atoms. The maximum Gasteiger partial charge on any atom is 0.404 e. The molecule has 2 aromatic rings. The van der Waals surface area contributed by atoms with Crippen LogP contribution in [0.25, 0.3) is 10.8 Å². The Balaban J connectivity index is 1.16. The Bertz CT molecular complexity index is 2080. The van der Waals surface area contributed by atoms with Gasteiger partial charge in [-0.15, -0.1) is 5.53 Å². The molecule has 3 amide bonds. The summed E-state index contributed by atoms with van der Waals surface area (Å²) in [5.41, 5.74) is -1.66. The zero-order chi connectivity index (χ0) is 46.3. The van der Waals surface area contributed by atoms with Gasteiger partial charge in [-0.2, -0.15) is 8.78 Å². The summed E-state index contributed by atoms with van der Waals surface area (Å²) in [5.74, 6) is -1.06. The molecule has 3 saturated heterocycles. The van der Waals surface area contributed by atoms with E-state index in [0.717, 1.165) is 48.5 Å². The lowest BCUT2D eigenvalue weighted by molar-refractivity contribution is -0.146. The molecule has 0 bridgehead atoms. The number of aliphatic hydroxyl groups excluding tert-OH is 1. The second-order valence-corrected chi connectivity index (χ2v) is 22.1. The van der Waals surface area contributed by atoms with Gasteiger partial charge in [0, 0.05) is 74.1 Å². The summed E-state index contributed by atoms with van der Waals surface area (Å²) in [5, 5.41) is 17.7. The minimum Gasteiger partial charge on any atom is -0.389 e. The van der Waals surface area contributed by atoms with Gasteiger partial charge in [0.15, 0.2) is 10.2 Å². The number of likely N-dealkylation sites (tertiary alicyclic amines) is 1. The molecule has 0 aliphatic carbocycles. The van der Waals surface area contributed by atoms with Crippen LogP contribution in [0.2, 0.25) is 0 Å². The molecular formula is C44H61F2N6O9PS2. The van der Waals surface area contributed by atoms with Gasteiger partial charge in [-0.3, -0.25) is 38.6 Å². The predicted octanol–water partition coefficient (Wildman–Crippen LogP) is 6.47. The van der Waals surface area contributed by atoms with E-state index in [1.807, 2.05) is 34.7 Å². The topological polar surface area (TPSA) is 178 Å². The number of hydrogen-bond donors (Lipinski definition) is 3. The summed E-state index contributed by atoms with van der Waals surface area (Å²) in [7, 11) is -3.44. The maximum atomic E-state index is 16.5. The highest BCUT2D eigenvalue weighted by Gasteiger charge is 2.55. The second-order valence-electron chi connectivity index (χ2n) is 17.7. The Kier molecular flexibility index (Phi) is 17.0. The van der Waals surface area contributed by atoms with E-state index in [4.69, 9.17) is 9.05 Å². The van der Waals surface area contributed by atoms with E-state index in [0.29, 0.717) is 31.1 Å². The lowest BCUT2D eigenvalue weighted by atomic mass is 9.98. The van der Waals surface area contributed by atoms with Crippen LogP contribution >= 0.6 is 31.1 Å². The van der Waals surface area contributed by atoms with Gasteiger partial charge in [0.25, 0.3) is 5.91 Å². The van der Waals surface area contributed by atoms with Gasteiger partial charge in [-0.25, -0.2) is 0 Å². The number of aliphatic hydroxyl groups is 1. The summed E-state index contributed by atoms with van der Waals surface area (Å²) in [6.07, 6.45) is 6.99. The Morgan fingerprint density at radius 3 is 2.16 bits per heavy atom. The molecule has 4 aliphatic heterocycles. The highest BCUT2D eigenvalue weighted by molar-refractivity contribution is 8.13. The fourth-order valence-corrected chi connectivity index (χ4v) is 12.0. The monoisotopic (exact) mass is 950 g/mol. The zero-order valence-corrected chi connectivity index (χ0v) is 39.6. The van der Waals surface area contributed by atoms with Gasteiger partial charge < -0.3 is 29.3 Å². The van der Waals surface area contributed by atoms with Crippen LogP contribution in [0.4, 0.5) is 8.78 Å². The maximum absolute atomic E-state index is 16.5. The molecule has 2 aromatic carbocycles. The van der Waals surface area contributed by atoms with Crippen molar-refractivity contribution in [1.82, 2.24) is 30.7 Å². The number of β-amino-alcohol motifs (C(OH)–C–C–N with tert-alkyl or cyclic N) is 1. The van der Waals surface area contributed by atoms with Crippen LogP contribution in [-0.4, -0.2) is 128 Å². The first-order chi connectivity index (χ1) is 30.4. The predicted molar refractivity (Wildman–Crippen MR) is 243 cm³/mol. The van der Waals surface area contributed by atoms with Crippen molar-refractivity contribution in [3.63, 3.8) is 0 Å². The standard InChI is InChI=1S/C44H61F2N6O9PS2/c1-28(2)22-39(54)63-20-18-60-62(59,61-19-21-64-40(55)23-29(3)4)44(45,46)33-13-12-30-10-11-31(24-32(30)25-33)41(56)47-35-9-7-6-8-34-14-15-36(52(34)42(35)57)43(58)50-26-37(38(53)27-50)51-17-16-49(5)48-51/h10-13,16-17,24-25,28-29,34-38,48,53H,6-9,14-15,18-23,26-27H2,1-5H3,(H,47,56)/t34-,35-,36-,37?,38+/m0/s1. The van der Waals surface area contributed by atoms with Crippen LogP contribution in [-0.2, 0) is 38.5 Å². The number of nitrogens with zero attached hydrogens (tertiary/aromatic N) is 4. The van der Waals surface area contributed by atoms with Crippen molar-refractivity contribution >= 4 is 69.8 Å². The molecule has 4 aliphatic rings. The number of hydrazine groups is 2. The number of carbonyl (C=O) groups excluding carboxylic acids is 5. The Morgan fingerprint density at radius 1 is 0.891 bits per heavy atom. The van der Waals surface area contributed by atoms with Crippen molar-refractivity contribution < 1.29 is 51.5 Å². The van der Waals surface area contributed by atoms with Crippen LogP contribution in [0, 0.1) is 11.8 Å². The summed E-state index contributed by atoms with van der Waals surface area (Å²) in [6, 6.07) is 5.93. The van der Waals surface area contributed by atoms with Crippen molar-refractivity contribution in [1.29, 1.82) is 0 Å². The SMILES string of the molecule is CC(C)CC(=O)SCCOP(=O)(OCCSC(=O)CC(C)C)C(F)(F)c1ccc2ccc(C(=O)N[C@H]3CCCC[C@H]4CC[C@@H](C(=O)N5CC(N6C=CN(C)N6)[C@H](O)C5)N4C3=O)cc2c1. The minimum absolute atomic E-state index is 0.0262. The van der Waals surface area contributed by atoms with Crippen molar-refractivity contribution in [3.05, 3.63) is 59.9 Å². The molecule has 352 valence electrons. The fraction of sp³-hybridized carbons (Fsp3) is 0.614. The highest BCUT2D eigenvalue weighted by atomic mass is 32.2. The van der Waals surface area contributed by atoms with Crippen LogP contribution in [0.5, 0.6) is 0 Å². The highest BCUT2D eigenvalue weighted by Crippen LogP contribution is 2.67. The van der Waals surface area contributed by atoms with E-state index >= 15 is 8.78 Å². The van der Waals surface area contributed by atoms with Gasteiger partial charge >= 0.3 is 13.3 Å². The fourth-order valence-electron chi connectivity index (χ4n) is 8.53. The number of carbonyl (C=O) groups is 5. The molecular weight excluding hydrogens is 890 g/mol. The largest absolute Gasteiger partial charge is 0.404 e. The molecule has 3 N–H and O–H groups in total. The van der Waals surface area contributed by atoms with Gasteiger partial charge in [0.1, 0.15) is 12.1 Å². The average molecular weight is 951 g/mol. The average Bonchev–Trinajstić information content (AvgIpc) is 3.97. The number of halogens is 2. The molecule has 6 rings (SSSR count). The number of thioether (sulfide) groups is 2. The van der Waals surface area contributed by atoms with Gasteiger partial charge in [-0.1, -0.05) is 82.3 Å². The van der Waals surface area contributed by atoms with E-state index in [1.54, 1.807) is 38.3 Å². The van der Waals surface area contributed by atoms with Crippen molar-refractivity contribution in [2.24, 2.45) is 11.8 Å². The summed E-state index contributed by atoms with van der Waals surface area (Å²) < 4.78 is 57.8. The lowest BCUT2D eigenvalue weighted by Gasteiger charge is -2.36. The molecule has 3 fully saturated rings. The lowest BCUT2D eigenvalue weighted by Crippen LogP contribution is -2.57. The summed E-state index contributed by atoms with van der Waals surface area (Å²) >= 11 is 1.80. The zero-order valence-electron chi connectivity index (χ0n) is 37.1. The first-order valence-electron chi connectivity index (χ1n) is 22.0. The van der Waals surface area contributed by atoms with E-state index in [2.05, 4.69) is 10.9 Å². The normalized spacial score (nSPS) is 23.0. The van der Waals surface area contributed by atoms with Gasteiger partial charge in [-0.05, 0) is 66.5 Å². The van der Waals surface area contributed by atoms with Crippen molar-refractivity contribution in [2.45, 2.75) is 115 Å². The number of amides is 3. The van der Waals surface area contributed by atoms with E-state index < -0.39 is 56.1 Å². The molecule has 0 aromatic heterocycles. The molecule has 1 unspecified atom stereocenters. The third-order valence-corrected chi connectivity index (χ3v) is 15.4. The smallest absolute Gasteiger partial charge is 0.389 e. The molecule has 20 heteroatoms. The van der Waals surface area contributed by atoms with Gasteiger partial charge in [0.05, 0.1) is 25.4 Å². The molecule has 0 radical (unpaired) electrons. The molecule has 4 heterocycles. The number of nitrogens with one attached hydrogen (secondary N) is 2. The van der Waals surface area contributed by atoms with Crippen molar-refractivity contribution in [2.75, 3.05) is 44.9 Å². The number of rotatable bonds is 18. The minimum atomic E-state index is -5.26. The summed E-state index contributed by atoms with van der Waals surface area (Å²) in [6.45, 7) is 6.99. The third kappa shape index (κ3) is 12.1. The molecule has 15 nitrogen and oxygen atoms in total. The number of fused-ring (bicyclic) bond motifs is 2. The number of hydrogen-bond acceptors (Lipinski definition) is 14. The first-order valence-corrected chi connectivity index (χ1v) is 25.6. The quantitative estimate of drug-likeness (QED) is 0.109. The van der Waals surface area contributed by atoms with E-state index in [-0.39, 0.29) is 94.4 Å². The Morgan fingerprint density at radius 2 is 1.53 bits per heavy atom. The number of alkyl halides is 2. The van der Waals surface area contributed by atoms with E-state index in [9.17, 15) is 33.6 Å². The first kappa shape index (κ1) is 49.8. The molecule has 64 heavy (non-hydrogen) atoms.